The summed E-state index contributed by atoms with van der Waals surface area (Å²) in [6, 6.07) is 0. The minimum absolute atomic E-state index is 0.0588. The van der Waals surface area contributed by atoms with Crippen molar-refractivity contribution in [2.24, 2.45) is 0 Å². The maximum absolute atomic E-state index is 12.7. The van der Waals surface area contributed by atoms with Crippen LogP contribution in [0.15, 0.2) is 57.2 Å². The van der Waals surface area contributed by atoms with E-state index in [1.54, 1.807) is 20.8 Å². The molecule has 1 rings (SSSR count). The molecule has 0 saturated carbocycles. The van der Waals surface area contributed by atoms with Crippen LogP contribution < -0.4 is 0 Å². The number of alkyl halides is 1. The maximum Gasteiger partial charge on any atom is 0.185 e. The Kier molecular flexibility index (Phi) is 12.7. The first-order valence-electron chi connectivity index (χ1n) is 12.7. The van der Waals surface area contributed by atoms with Gasteiger partial charge in [-0.1, -0.05) is 36.3 Å². The third-order valence-electron chi connectivity index (χ3n) is 7.03. The van der Waals surface area contributed by atoms with Gasteiger partial charge in [0, 0.05) is 22.3 Å². The van der Waals surface area contributed by atoms with Gasteiger partial charge in [0.2, 0.25) is 0 Å². The molecule has 0 radical (unpaired) electrons. The smallest absolute Gasteiger partial charge is 0.185 e. The van der Waals surface area contributed by atoms with Crippen molar-refractivity contribution in [3.05, 3.63) is 57.2 Å². The van der Waals surface area contributed by atoms with Gasteiger partial charge < -0.3 is 5.11 Å². The van der Waals surface area contributed by atoms with Crippen LogP contribution in [0.25, 0.3) is 0 Å². The maximum atomic E-state index is 12.7. The Hall–Kier alpha value is -2.07. The Morgan fingerprint density at radius 3 is 1.94 bits per heavy atom. The number of Topliss-reactive ketones (excluding diaryl/α,β-unsaturated/α-hetero) is 2. The van der Waals surface area contributed by atoms with Gasteiger partial charge in [-0.15, -0.1) is 0 Å². The molecule has 0 fully saturated rings. The van der Waals surface area contributed by atoms with Gasteiger partial charge in [0.15, 0.2) is 11.6 Å². The lowest BCUT2D eigenvalue weighted by molar-refractivity contribution is -0.116. The summed E-state index contributed by atoms with van der Waals surface area (Å²) < 4.78 is 12.7. The molecule has 0 bridgehead atoms. The van der Waals surface area contributed by atoms with Gasteiger partial charge in [-0.05, 0) is 105 Å². The average Bonchev–Trinajstić information content (AvgIpc) is 2.79. The lowest BCUT2D eigenvalue weighted by Crippen LogP contribution is -2.26. The Labute approximate surface area is 206 Å². The number of ketones is 2. The minimum Gasteiger partial charge on any atom is -0.390 e. The van der Waals surface area contributed by atoms with E-state index in [1.165, 1.54) is 11.1 Å². The summed E-state index contributed by atoms with van der Waals surface area (Å²) >= 11 is 0. The third-order valence-corrected chi connectivity index (χ3v) is 7.03. The monoisotopic (exact) mass is 472 g/mol. The minimum atomic E-state index is -0.890. The van der Waals surface area contributed by atoms with E-state index in [9.17, 15) is 19.1 Å². The van der Waals surface area contributed by atoms with Crippen molar-refractivity contribution in [3.63, 3.8) is 0 Å². The molecule has 190 valence electrons. The zero-order chi connectivity index (χ0) is 25.9. The van der Waals surface area contributed by atoms with E-state index in [-0.39, 0.29) is 18.2 Å². The molecule has 0 amide bonds. The number of hydrogen-bond acceptors (Lipinski definition) is 3. The molecule has 1 atom stereocenters. The quantitative estimate of drug-likeness (QED) is 0.207. The van der Waals surface area contributed by atoms with Crippen LogP contribution in [0.3, 0.4) is 0 Å². The second kappa shape index (κ2) is 14.4. The molecule has 0 spiro atoms. The van der Waals surface area contributed by atoms with Crippen molar-refractivity contribution in [2.75, 3.05) is 6.67 Å². The highest BCUT2D eigenvalue weighted by Gasteiger charge is 2.29. The molecule has 0 aromatic heterocycles. The number of halogens is 1. The fraction of sp³-hybridized carbons (Fsp3) is 0.600. The summed E-state index contributed by atoms with van der Waals surface area (Å²) in [6.07, 6.45) is 13.3. The number of hydrogen-bond donors (Lipinski definition) is 1. The molecule has 1 N–H and O–H groups in total. The van der Waals surface area contributed by atoms with E-state index >= 15 is 0 Å². The van der Waals surface area contributed by atoms with E-state index in [0.717, 1.165) is 44.1 Å². The SMILES string of the molecule is CC/C(=C/CC/C(C)=C/CC/C(C)=C/CC[C@@](C)(O)CCC1=C(C)C(=O)C(C)=C(C)C1=O)CF. The van der Waals surface area contributed by atoms with Crippen LogP contribution in [-0.2, 0) is 9.59 Å². The Bertz CT molecular complexity index is 888. The van der Waals surface area contributed by atoms with Gasteiger partial charge in [0.25, 0.3) is 0 Å². The first-order chi connectivity index (χ1) is 15.9. The van der Waals surface area contributed by atoms with Gasteiger partial charge in [0.1, 0.15) is 6.67 Å². The van der Waals surface area contributed by atoms with Crippen molar-refractivity contribution in [1.82, 2.24) is 0 Å². The van der Waals surface area contributed by atoms with Crippen LogP contribution in [0.1, 0.15) is 106 Å². The van der Waals surface area contributed by atoms with E-state index in [4.69, 9.17) is 0 Å². The molecule has 34 heavy (non-hydrogen) atoms. The summed E-state index contributed by atoms with van der Waals surface area (Å²) in [4.78, 5) is 24.9. The van der Waals surface area contributed by atoms with Gasteiger partial charge in [-0.3, -0.25) is 9.59 Å². The van der Waals surface area contributed by atoms with E-state index in [2.05, 4.69) is 26.0 Å². The molecule has 0 aliphatic heterocycles. The number of carbonyl (C=O) groups excluding carboxylic acids is 2. The molecule has 0 aromatic rings. The highest BCUT2D eigenvalue weighted by atomic mass is 19.1. The zero-order valence-electron chi connectivity index (χ0n) is 22.4. The van der Waals surface area contributed by atoms with Crippen molar-refractivity contribution < 1.29 is 19.1 Å². The molecule has 4 heteroatoms. The standard InChI is InChI=1S/C30H45FO3/c1-8-26(20-31)16-10-14-21(2)12-9-13-22(3)15-11-18-30(7,34)19-17-27-25(6)28(32)23(4)24(5)29(27)33/h12,15-16,34H,8-11,13-14,17-20H2,1-7H3/b21-12+,22-15+,26-16-/t30-/m1/s1. The number of allylic oxidation sites excluding steroid dienone is 10. The van der Waals surface area contributed by atoms with Crippen molar-refractivity contribution in [1.29, 1.82) is 0 Å². The van der Waals surface area contributed by atoms with Crippen LogP contribution in [0.5, 0.6) is 0 Å². The fourth-order valence-corrected chi connectivity index (χ4v) is 4.15. The van der Waals surface area contributed by atoms with E-state index in [1.807, 2.05) is 19.9 Å². The topological polar surface area (TPSA) is 54.4 Å². The fourth-order valence-electron chi connectivity index (χ4n) is 4.15. The van der Waals surface area contributed by atoms with Gasteiger partial charge in [0.05, 0.1) is 5.60 Å². The van der Waals surface area contributed by atoms with E-state index < -0.39 is 5.60 Å². The summed E-state index contributed by atoms with van der Waals surface area (Å²) in [7, 11) is 0. The molecular formula is C30H45FO3. The second-order valence-corrected chi connectivity index (χ2v) is 10.1. The third kappa shape index (κ3) is 9.66. The van der Waals surface area contributed by atoms with E-state index in [0.29, 0.717) is 41.6 Å². The number of aliphatic hydroxyl groups is 1. The highest BCUT2D eigenvalue weighted by Crippen LogP contribution is 2.30. The first-order valence-corrected chi connectivity index (χ1v) is 12.7. The van der Waals surface area contributed by atoms with Crippen LogP contribution in [-0.4, -0.2) is 28.9 Å². The summed E-state index contributed by atoms with van der Waals surface area (Å²) in [6.45, 7) is 12.8. The largest absolute Gasteiger partial charge is 0.390 e. The molecule has 0 unspecified atom stereocenters. The predicted octanol–water partition coefficient (Wildman–Crippen LogP) is 7.86. The molecular weight excluding hydrogens is 427 g/mol. The summed E-state index contributed by atoms with van der Waals surface area (Å²) in [5.41, 5.74) is 4.75. The van der Waals surface area contributed by atoms with Gasteiger partial charge in [-0.2, -0.15) is 0 Å². The second-order valence-electron chi connectivity index (χ2n) is 10.1. The Morgan fingerprint density at radius 1 is 0.853 bits per heavy atom. The summed E-state index contributed by atoms with van der Waals surface area (Å²) in [5.74, 6) is -0.120. The predicted molar refractivity (Wildman–Crippen MR) is 141 cm³/mol. The normalized spacial score (nSPS) is 18.2. The lowest BCUT2D eigenvalue weighted by Gasteiger charge is -2.25. The van der Waals surface area contributed by atoms with Crippen molar-refractivity contribution in [2.45, 2.75) is 112 Å². The molecule has 3 nitrogen and oxygen atoms in total. The molecule has 1 aliphatic carbocycles. The summed E-state index contributed by atoms with van der Waals surface area (Å²) in [5, 5.41) is 10.8. The molecule has 0 heterocycles. The van der Waals surface area contributed by atoms with Crippen LogP contribution in [0.2, 0.25) is 0 Å². The average molecular weight is 473 g/mol. The van der Waals surface area contributed by atoms with Crippen LogP contribution >= 0.6 is 0 Å². The van der Waals surface area contributed by atoms with Gasteiger partial charge in [-0.25, -0.2) is 4.39 Å². The van der Waals surface area contributed by atoms with Crippen molar-refractivity contribution in [3.8, 4) is 0 Å². The molecule has 0 aromatic carbocycles. The highest BCUT2D eigenvalue weighted by molar-refractivity contribution is 6.24. The number of carbonyl (C=O) groups is 2. The van der Waals surface area contributed by atoms with Crippen LogP contribution in [0.4, 0.5) is 4.39 Å². The lowest BCUT2D eigenvalue weighted by atomic mass is 9.82. The molecule has 1 aliphatic rings. The van der Waals surface area contributed by atoms with Crippen molar-refractivity contribution >= 4 is 11.6 Å². The molecule has 0 saturated heterocycles. The van der Waals surface area contributed by atoms with Crippen LogP contribution in [0, 0.1) is 0 Å². The van der Waals surface area contributed by atoms with Gasteiger partial charge >= 0.3 is 0 Å². The first kappa shape index (κ1) is 30.0. The number of rotatable bonds is 14. The zero-order valence-corrected chi connectivity index (χ0v) is 22.4. The Morgan fingerprint density at radius 2 is 1.38 bits per heavy atom. The Balaban J connectivity index is 2.47.